The van der Waals surface area contributed by atoms with Crippen molar-refractivity contribution in [1.82, 2.24) is 24.9 Å². The third-order valence-corrected chi connectivity index (χ3v) is 5.29. The molecule has 31 heavy (non-hydrogen) atoms. The molecule has 0 aliphatic rings. The minimum atomic E-state index is -0.135. The van der Waals surface area contributed by atoms with Crippen molar-refractivity contribution in [3.8, 4) is 16.9 Å². The van der Waals surface area contributed by atoms with Crippen LogP contribution in [0.3, 0.4) is 0 Å². The zero-order valence-corrected chi connectivity index (χ0v) is 17.1. The first-order valence-electron chi connectivity index (χ1n) is 10.1. The van der Waals surface area contributed by atoms with Crippen LogP contribution in [0, 0.1) is 0 Å². The van der Waals surface area contributed by atoms with Crippen LogP contribution in [-0.4, -0.2) is 37.8 Å². The van der Waals surface area contributed by atoms with E-state index >= 15 is 0 Å². The van der Waals surface area contributed by atoms with E-state index in [1.807, 2.05) is 95.8 Å². The van der Waals surface area contributed by atoms with Crippen LogP contribution in [0.4, 0.5) is 0 Å². The fourth-order valence-corrected chi connectivity index (χ4v) is 3.71. The Morgan fingerprint density at radius 2 is 1.61 bits per heavy atom. The second-order valence-corrected chi connectivity index (χ2v) is 7.43. The molecule has 1 amide bonds. The third kappa shape index (κ3) is 3.59. The van der Waals surface area contributed by atoms with Crippen molar-refractivity contribution < 1.29 is 4.79 Å². The Kier molecular flexibility index (Phi) is 4.80. The summed E-state index contributed by atoms with van der Waals surface area (Å²) < 4.78 is 1.86. The van der Waals surface area contributed by atoms with E-state index in [-0.39, 0.29) is 5.91 Å². The van der Waals surface area contributed by atoms with Gasteiger partial charge in [0.1, 0.15) is 0 Å². The van der Waals surface area contributed by atoms with Gasteiger partial charge < -0.3 is 4.90 Å². The van der Waals surface area contributed by atoms with E-state index in [9.17, 15) is 4.79 Å². The summed E-state index contributed by atoms with van der Waals surface area (Å²) in [5.74, 6) is -0.135. The molecule has 0 unspecified atom stereocenters. The highest BCUT2D eigenvalue weighted by Crippen LogP contribution is 2.25. The Balaban J connectivity index is 1.50. The van der Waals surface area contributed by atoms with E-state index in [0.29, 0.717) is 12.2 Å². The minimum Gasteiger partial charge on any atom is -0.336 e. The van der Waals surface area contributed by atoms with Crippen LogP contribution in [0.15, 0.2) is 91.1 Å². The average molecular weight is 407 g/mol. The predicted octanol–water partition coefficient (Wildman–Crippen LogP) is 4.69. The molecule has 2 aromatic heterocycles. The number of carbonyl (C=O) groups excluding carboxylic acids is 1. The van der Waals surface area contributed by atoms with Crippen molar-refractivity contribution in [2.45, 2.75) is 6.54 Å². The number of fused-ring (bicyclic) bond motifs is 1. The van der Waals surface area contributed by atoms with Crippen LogP contribution >= 0.6 is 0 Å². The number of hydrogen-bond donors (Lipinski definition) is 1. The lowest BCUT2D eigenvalue weighted by Crippen LogP contribution is -2.26. The molecule has 0 spiro atoms. The van der Waals surface area contributed by atoms with Crippen molar-refractivity contribution >= 4 is 16.8 Å². The summed E-state index contributed by atoms with van der Waals surface area (Å²) in [4.78, 5) is 14.8. The van der Waals surface area contributed by atoms with Crippen LogP contribution in [0.25, 0.3) is 27.8 Å². The molecule has 6 heteroatoms. The molecule has 5 rings (SSSR count). The lowest BCUT2D eigenvalue weighted by molar-refractivity contribution is 0.0781. The van der Waals surface area contributed by atoms with Crippen molar-refractivity contribution in [2.24, 2.45) is 0 Å². The molecule has 0 bridgehead atoms. The van der Waals surface area contributed by atoms with Gasteiger partial charge in [-0.3, -0.25) is 9.89 Å². The van der Waals surface area contributed by atoms with Crippen molar-refractivity contribution in [2.75, 3.05) is 7.05 Å². The number of rotatable bonds is 5. The molecule has 0 atom stereocenters. The van der Waals surface area contributed by atoms with E-state index in [4.69, 9.17) is 5.10 Å². The highest BCUT2D eigenvalue weighted by Gasteiger charge is 2.21. The summed E-state index contributed by atoms with van der Waals surface area (Å²) in [5, 5.41) is 12.8. The molecule has 2 heterocycles. The summed E-state index contributed by atoms with van der Waals surface area (Å²) >= 11 is 0. The van der Waals surface area contributed by atoms with Gasteiger partial charge in [0.25, 0.3) is 5.91 Å². The van der Waals surface area contributed by atoms with Crippen LogP contribution < -0.4 is 0 Å². The molecule has 0 aliphatic carbocycles. The molecule has 0 saturated carbocycles. The van der Waals surface area contributed by atoms with Gasteiger partial charge >= 0.3 is 0 Å². The summed E-state index contributed by atoms with van der Waals surface area (Å²) in [6.45, 7) is 0.414. The zero-order chi connectivity index (χ0) is 21.2. The van der Waals surface area contributed by atoms with Crippen molar-refractivity contribution in [3.63, 3.8) is 0 Å². The van der Waals surface area contributed by atoms with Crippen molar-refractivity contribution in [3.05, 3.63) is 102 Å². The molecule has 0 aliphatic heterocycles. The Hall–Kier alpha value is -4.19. The SMILES string of the molecule is CN(Cc1cn(-c2ccccc2)nc1-c1ccccc1)C(=O)c1n[nH]c2ccccc12. The number of H-pyrrole nitrogens is 1. The molecular formula is C25H21N5O. The van der Waals surface area contributed by atoms with Gasteiger partial charge in [-0.2, -0.15) is 10.2 Å². The predicted molar refractivity (Wildman–Crippen MR) is 121 cm³/mol. The Morgan fingerprint density at radius 3 is 2.39 bits per heavy atom. The first kappa shape index (κ1) is 18.8. The van der Waals surface area contributed by atoms with Gasteiger partial charge in [0.05, 0.1) is 16.9 Å². The molecule has 0 radical (unpaired) electrons. The summed E-state index contributed by atoms with van der Waals surface area (Å²) in [5.41, 5.74) is 5.08. The Bertz CT molecular complexity index is 1340. The van der Waals surface area contributed by atoms with Gasteiger partial charge in [-0.1, -0.05) is 66.7 Å². The normalized spacial score (nSPS) is 11.0. The largest absolute Gasteiger partial charge is 0.336 e. The van der Waals surface area contributed by atoms with E-state index in [2.05, 4.69) is 10.2 Å². The quantitative estimate of drug-likeness (QED) is 0.460. The number of para-hydroxylation sites is 2. The fourth-order valence-electron chi connectivity index (χ4n) is 3.71. The zero-order valence-electron chi connectivity index (χ0n) is 17.1. The standard InChI is InChI=1S/C25H21N5O/c1-29(25(31)24-21-14-8-9-15-22(21)26-27-24)16-19-17-30(20-12-6-3-7-13-20)28-23(19)18-10-4-2-5-11-18/h2-15,17H,16H2,1H3,(H,26,27). The van der Waals surface area contributed by atoms with E-state index in [0.717, 1.165) is 33.4 Å². The monoisotopic (exact) mass is 407 g/mol. The molecule has 6 nitrogen and oxygen atoms in total. The smallest absolute Gasteiger partial charge is 0.275 e. The topological polar surface area (TPSA) is 66.8 Å². The highest BCUT2D eigenvalue weighted by molar-refractivity contribution is 6.04. The van der Waals surface area contributed by atoms with Gasteiger partial charge in [0.15, 0.2) is 5.69 Å². The molecule has 0 saturated heterocycles. The third-order valence-electron chi connectivity index (χ3n) is 5.29. The van der Waals surface area contributed by atoms with E-state index < -0.39 is 0 Å². The maximum absolute atomic E-state index is 13.2. The van der Waals surface area contributed by atoms with Crippen LogP contribution in [0.1, 0.15) is 16.1 Å². The summed E-state index contributed by atoms with van der Waals surface area (Å²) in [6, 6.07) is 27.6. The Morgan fingerprint density at radius 1 is 0.935 bits per heavy atom. The van der Waals surface area contributed by atoms with Crippen molar-refractivity contribution in [1.29, 1.82) is 0 Å². The first-order chi connectivity index (χ1) is 15.2. The average Bonchev–Trinajstić information content (AvgIpc) is 3.44. The van der Waals surface area contributed by atoms with Gasteiger partial charge in [-0.25, -0.2) is 4.68 Å². The van der Waals surface area contributed by atoms with Crippen LogP contribution in [0.2, 0.25) is 0 Å². The van der Waals surface area contributed by atoms with Crippen LogP contribution in [-0.2, 0) is 6.54 Å². The highest BCUT2D eigenvalue weighted by atomic mass is 16.2. The summed E-state index contributed by atoms with van der Waals surface area (Å²) in [7, 11) is 1.79. The van der Waals surface area contributed by atoms with E-state index in [1.54, 1.807) is 11.9 Å². The lowest BCUT2D eigenvalue weighted by Gasteiger charge is -2.16. The molecule has 0 fully saturated rings. The molecule has 5 aromatic rings. The molecule has 152 valence electrons. The number of aromatic nitrogens is 4. The first-order valence-corrected chi connectivity index (χ1v) is 10.1. The minimum absolute atomic E-state index is 0.135. The van der Waals surface area contributed by atoms with E-state index in [1.165, 1.54) is 0 Å². The van der Waals surface area contributed by atoms with Gasteiger partial charge in [0.2, 0.25) is 0 Å². The molecular weight excluding hydrogens is 386 g/mol. The second-order valence-electron chi connectivity index (χ2n) is 7.43. The molecule has 3 aromatic carbocycles. The van der Waals surface area contributed by atoms with Crippen LogP contribution in [0.5, 0.6) is 0 Å². The lowest BCUT2D eigenvalue weighted by atomic mass is 10.1. The number of benzene rings is 3. The van der Waals surface area contributed by atoms with Gasteiger partial charge in [0, 0.05) is 36.3 Å². The number of hydrogen-bond acceptors (Lipinski definition) is 3. The number of nitrogens with one attached hydrogen (secondary N) is 1. The number of amides is 1. The summed E-state index contributed by atoms with van der Waals surface area (Å²) in [6.07, 6.45) is 1.99. The maximum atomic E-state index is 13.2. The number of nitrogens with zero attached hydrogens (tertiary/aromatic N) is 4. The molecule has 1 N–H and O–H groups in total. The maximum Gasteiger partial charge on any atom is 0.275 e. The fraction of sp³-hybridized carbons (Fsp3) is 0.0800. The Labute approximate surface area is 179 Å². The second kappa shape index (κ2) is 7.91. The number of aromatic amines is 1. The van der Waals surface area contributed by atoms with Gasteiger partial charge in [-0.15, -0.1) is 0 Å². The van der Waals surface area contributed by atoms with Gasteiger partial charge in [-0.05, 0) is 18.2 Å². The number of carbonyl (C=O) groups is 1.